The van der Waals surface area contributed by atoms with E-state index in [1.54, 1.807) is 6.07 Å². The third kappa shape index (κ3) is 8.64. The number of ether oxygens (including phenoxy) is 2. The quantitative estimate of drug-likeness (QED) is 0.318. The Bertz CT molecular complexity index is 1920. The van der Waals surface area contributed by atoms with E-state index in [1.807, 2.05) is 42.5 Å². The van der Waals surface area contributed by atoms with Crippen LogP contribution in [0.4, 0.5) is 4.79 Å². The molecule has 1 aromatic carbocycles. The third-order valence-electron chi connectivity index (χ3n) is 11.6. The van der Waals surface area contributed by atoms with Crippen molar-refractivity contribution in [1.29, 1.82) is 0 Å². The lowest BCUT2D eigenvalue weighted by atomic mass is 10.1. The van der Waals surface area contributed by atoms with Gasteiger partial charge in [0.1, 0.15) is 36.2 Å². The van der Waals surface area contributed by atoms with Gasteiger partial charge in [0.05, 0.1) is 17.5 Å². The van der Waals surface area contributed by atoms with Gasteiger partial charge in [0.15, 0.2) is 0 Å². The molecule has 1 saturated heterocycles. The molecule has 5 atom stereocenters. The van der Waals surface area contributed by atoms with Crippen molar-refractivity contribution < 1.29 is 37.1 Å². The second-order valence-corrected chi connectivity index (χ2v) is 17.8. The van der Waals surface area contributed by atoms with Crippen LogP contribution in [0, 0.1) is 5.92 Å². The van der Waals surface area contributed by atoms with Crippen molar-refractivity contribution >= 4 is 33.8 Å². The Morgan fingerprint density at radius 1 is 0.945 bits per heavy atom. The number of fused-ring (bicyclic) bond motifs is 2. The number of alkyl carbamates (subject to hydrolysis) is 1. The number of allylic oxidation sites excluding steroid dienone is 1. The van der Waals surface area contributed by atoms with Gasteiger partial charge in [-0.05, 0) is 77.2 Å². The van der Waals surface area contributed by atoms with Crippen LogP contribution in [-0.2, 0) is 29.1 Å². The van der Waals surface area contributed by atoms with Crippen molar-refractivity contribution in [3.05, 3.63) is 54.9 Å². The monoisotopic (exact) mass is 775 g/mol. The summed E-state index contributed by atoms with van der Waals surface area (Å²) >= 11 is 0. The zero-order valence-corrected chi connectivity index (χ0v) is 31.6. The Morgan fingerprint density at radius 3 is 2.47 bits per heavy atom. The molecule has 3 heterocycles. The van der Waals surface area contributed by atoms with Crippen LogP contribution in [0.5, 0.6) is 5.88 Å². The van der Waals surface area contributed by atoms with E-state index >= 15 is 0 Å². The molecule has 4 aliphatic carbocycles. The van der Waals surface area contributed by atoms with Crippen molar-refractivity contribution in [1.82, 2.24) is 35.1 Å². The summed E-state index contributed by atoms with van der Waals surface area (Å²) in [5, 5.41) is 5.15. The van der Waals surface area contributed by atoms with E-state index in [2.05, 4.69) is 30.2 Å². The topological polar surface area (TPSA) is 189 Å². The minimum Gasteiger partial charge on any atom is -0.472 e. The highest BCUT2D eigenvalue weighted by Gasteiger charge is 2.62. The summed E-state index contributed by atoms with van der Waals surface area (Å²) in [5.74, 6) is -2.02. The molecule has 8 rings (SSSR count). The average Bonchev–Trinajstić information content (AvgIpc) is 4.12. The number of carbonyl (C=O) groups is 4. The molecule has 1 unspecified atom stereocenters. The number of amides is 4. The van der Waals surface area contributed by atoms with Crippen molar-refractivity contribution in [3.8, 4) is 17.1 Å². The van der Waals surface area contributed by atoms with E-state index in [9.17, 15) is 27.6 Å². The molecule has 6 aliphatic rings. The Labute approximate surface area is 321 Å². The van der Waals surface area contributed by atoms with Crippen LogP contribution >= 0.6 is 0 Å². The molecular weight excluding hydrogens is 727 g/mol. The number of rotatable bonds is 9. The van der Waals surface area contributed by atoms with Crippen LogP contribution in [0.2, 0.25) is 0 Å². The van der Waals surface area contributed by atoms with Gasteiger partial charge in [-0.1, -0.05) is 42.5 Å². The fourth-order valence-electron chi connectivity index (χ4n) is 8.17. The highest BCUT2D eigenvalue weighted by molar-refractivity contribution is 7.91. The molecule has 16 heteroatoms. The second kappa shape index (κ2) is 15.5. The van der Waals surface area contributed by atoms with Gasteiger partial charge in [-0.3, -0.25) is 24.0 Å². The molecule has 4 amide bonds. The Balaban J connectivity index is 1.09. The standard InChI is InChI=1S/C39H49N7O8S/c47-35-33-19-29(53-34-20-31(40-24-41-34)25-9-3-1-4-10-25)22-46(33)36(48)32(42-38(50)54-28-12-6-7-13-28)23-45(27-14-15-27)18-8-2-5-11-26-21-39(26,43-35)37(49)44-55(51,52)30-16-17-30/h1,3-5,9-11,20,24,26-30,32-33H,2,6-8,12-19,21-23H2,(H,42,50)(H,43,47)(H,44,49)/b11-5-/t26?,29-,32+,33+,39-/m1/s1. The number of nitrogens with zero attached hydrogens (tertiary/aromatic N) is 4. The average molecular weight is 776 g/mol. The van der Waals surface area contributed by atoms with E-state index < -0.39 is 68.7 Å². The van der Waals surface area contributed by atoms with E-state index in [0.717, 1.165) is 50.5 Å². The first kappa shape index (κ1) is 37.4. The van der Waals surface area contributed by atoms with Gasteiger partial charge in [-0.2, -0.15) is 0 Å². The summed E-state index contributed by atoms with van der Waals surface area (Å²) < 4.78 is 40.1. The molecule has 4 saturated carbocycles. The lowest BCUT2D eigenvalue weighted by molar-refractivity contribution is -0.141. The Hall–Kier alpha value is -4.57. The molecule has 15 nitrogen and oxygen atoms in total. The molecule has 0 spiro atoms. The van der Waals surface area contributed by atoms with Crippen molar-refractivity contribution in [2.24, 2.45) is 5.92 Å². The summed E-state index contributed by atoms with van der Waals surface area (Å²) in [6, 6.07) is 9.39. The van der Waals surface area contributed by atoms with Crippen LogP contribution in [0.3, 0.4) is 0 Å². The van der Waals surface area contributed by atoms with Crippen LogP contribution < -0.4 is 20.1 Å². The summed E-state index contributed by atoms with van der Waals surface area (Å²) in [5.41, 5.74) is 0.00498. The SMILES string of the molecule is O=C(N[C@H]1CN(C2CC2)CCC/C=C\C2C[C@@]2(C(=O)NS(=O)(=O)C2CC2)NC(=O)[C@@H]2C[C@@H](Oc3cc(-c4ccccc4)ncn3)CN2C1=O)OC1CCCC1. The number of hydrogen-bond acceptors (Lipinski definition) is 11. The van der Waals surface area contributed by atoms with Gasteiger partial charge in [0.2, 0.25) is 27.7 Å². The minimum absolute atomic E-state index is 0.000534. The number of hydrogen-bond donors (Lipinski definition) is 3. The fourth-order valence-corrected chi connectivity index (χ4v) is 9.54. The number of benzene rings is 1. The van der Waals surface area contributed by atoms with E-state index in [4.69, 9.17) is 9.47 Å². The zero-order valence-electron chi connectivity index (χ0n) is 30.8. The van der Waals surface area contributed by atoms with E-state index in [-0.39, 0.29) is 44.0 Å². The van der Waals surface area contributed by atoms with Crippen molar-refractivity contribution in [2.75, 3.05) is 19.6 Å². The molecule has 0 radical (unpaired) electrons. The van der Waals surface area contributed by atoms with Gasteiger partial charge in [0.25, 0.3) is 5.91 Å². The molecule has 1 aromatic heterocycles. The normalized spacial score (nSPS) is 29.9. The van der Waals surface area contributed by atoms with Crippen molar-refractivity contribution in [2.45, 2.75) is 118 Å². The lowest BCUT2D eigenvalue weighted by Gasteiger charge is -2.32. The summed E-state index contributed by atoms with van der Waals surface area (Å²) in [4.78, 5) is 68.7. The maximum Gasteiger partial charge on any atom is 0.408 e. The molecule has 2 aliphatic heterocycles. The third-order valence-corrected chi connectivity index (χ3v) is 13.5. The highest BCUT2D eigenvalue weighted by Crippen LogP contribution is 2.46. The fraction of sp³-hybridized carbons (Fsp3) is 0.590. The number of aromatic nitrogens is 2. The van der Waals surface area contributed by atoms with Crippen LogP contribution in [0.15, 0.2) is 54.9 Å². The molecule has 5 fully saturated rings. The summed E-state index contributed by atoms with van der Waals surface area (Å²) in [6.45, 7) is 0.918. The largest absolute Gasteiger partial charge is 0.472 e. The second-order valence-electron chi connectivity index (χ2n) is 15.8. The summed E-state index contributed by atoms with van der Waals surface area (Å²) in [6.07, 6.45) is 11.8. The minimum atomic E-state index is -3.89. The predicted octanol–water partition coefficient (Wildman–Crippen LogP) is 2.83. The smallest absolute Gasteiger partial charge is 0.408 e. The first-order chi connectivity index (χ1) is 26.6. The first-order valence-electron chi connectivity index (χ1n) is 19.7. The van der Waals surface area contributed by atoms with E-state index in [0.29, 0.717) is 31.5 Å². The van der Waals surface area contributed by atoms with Gasteiger partial charge in [-0.25, -0.2) is 23.2 Å². The van der Waals surface area contributed by atoms with Gasteiger partial charge < -0.3 is 25.0 Å². The molecule has 0 bridgehead atoms. The van der Waals surface area contributed by atoms with E-state index in [1.165, 1.54) is 11.2 Å². The molecule has 294 valence electrons. The molecule has 2 aromatic rings. The number of sulfonamides is 1. The molecule has 3 N–H and O–H groups in total. The number of nitrogens with one attached hydrogen (secondary N) is 3. The maximum absolute atomic E-state index is 14.8. The van der Waals surface area contributed by atoms with Crippen LogP contribution in [0.1, 0.15) is 77.0 Å². The number of carbonyl (C=O) groups excluding carboxylic acids is 4. The molecule has 55 heavy (non-hydrogen) atoms. The predicted molar refractivity (Wildman–Crippen MR) is 200 cm³/mol. The van der Waals surface area contributed by atoms with Gasteiger partial charge in [0, 0.05) is 36.6 Å². The highest BCUT2D eigenvalue weighted by atomic mass is 32.2. The van der Waals surface area contributed by atoms with Gasteiger partial charge >= 0.3 is 6.09 Å². The van der Waals surface area contributed by atoms with Crippen LogP contribution in [-0.4, -0.2) is 113 Å². The van der Waals surface area contributed by atoms with Crippen molar-refractivity contribution in [3.63, 3.8) is 0 Å². The van der Waals surface area contributed by atoms with Crippen LogP contribution in [0.25, 0.3) is 11.3 Å². The maximum atomic E-state index is 14.8. The Kier molecular flexibility index (Phi) is 10.5. The zero-order chi connectivity index (χ0) is 38.2. The molecular formula is C39H49N7O8S. The first-order valence-corrected chi connectivity index (χ1v) is 21.2. The summed E-state index contributed by atoms with van der Waals surface area (Å²) in [7, 11) is -3.89. The Morgan fingerprint density at radius 2 is 1.73 bits per heavy atom. The lowest BCUT2D eigenvalue weighted by Crippen LogP contribution is -2.60. The van der Waals surface area contributed by atoms with Gasteiger partial charge in [-0.15, -0.1) is 0 Å².